The van der Waals surface area contributed by atoms with Crippen molar-refractivity contribution in [2.45, 2.75) is 6.10 Å². The highest BCUT2D eigenvalue weighted by atomic mass is 32.1. The Balaban J connectivity index is 1.51. The average molecular weight is 391 g/mol. The number of thiocarbonyl (C=S) groups is 1. The summed E-state index contributed by atoms with van der Waals surface area (Å²) in [4.78, 5) is 12.1. The van der Waals surface area contributed by atoms with Crippen LogP contribution in [0.2, 0.25) is 0 Å². The number of rotatable bonds is 7. The van der Waals surface area contributed by atoms with Crippen LogP contribution in [0.5, 0.6) is 0 Å². The van der Waals surface area contributed by atoms with Crippen molar-refractivity contribution in [2.24, 2.45) is 0 Å². The van der Waals surface area contributed by atoms with Gasteiger partial charge >= 0.3 is 0 Å². The van der Waals surface area contributed by atoms with Crippen LogP contribution >= 0.6 is 12.2 Å². The second kappa shape index (κ2) is 10.3. The number of ether oxygens (including phenoxy) is 1. The molecule has 3 aromatic rings. The van der Waals surface area contributed by atoms with Crippen LogP contribution < -0.4 is 10.6 Å². The molecule has 3 rings (SSSR count). The van der Waals surface area contributed by atoms with Crippen LogP contribution in [0.3, 0.4) is 0 Å². The minimum absolute atomic E-state index is 0.156. The molecule has 0 saturated carbocycles. The maximum atomic E-state index is 12.1. The van der Waals surface area contributed by atoms with Crippen molar-refractivity contribution in [3.05, 3.63) is 108 Å². The molecule has 5 heteroatoms. The Morgan fingerprint density at radius 1 is 0.821 bits per heavy atom. The van der Waals surface area contributed by atoms with E-state index in [4.69, 9.17) is 17.0 Å². The molecule has 0 heterocycles. The molecule has 4 nitrogen and oxygen atoms in total. The standard InChI is InChI=1S/C23H22N2O2S/c26-22(20-14-8-3-9-15-20)25-23(28)24-16-17-27-21(18-10-4-1-5-11-18)19-12-6-2-7-13-19/h1-15,21H,16-17H2,(H2,24,25,26,28). The van der Waals surface area contributed by atoms with Crippen LogP contribution in [0.25, 0.3) is 0 Å². The van der Waals surface area contributed by atoms with Gasteiger partial charge in [-0.3, -0.25) is 10.1 Å². The van der Waals surface area contributed by atoms with Crippen molar-refractivity contribution in [3.63, 3.8) is 0 Å². The van der Waals surface area contributed by atoms with Gasteiger partial charge in [0, 0.05) is 12.1 Å². The second-order valence-electron chi connectivity index (χ2n) is 6.15. The van der Waals surface area contributed by atoms with Gasteiger partial charge in [-0.05, 0) is 35.5 Å². The molecule has 0 radical (unpaired) electrons. The minimum Gasteiger partial charge on any atom is -0.367 e. The molecule has 3 aromatic carbocycles. The number of carbonyl (C=O) groups excluding carboxylic acids is 1. The molecule has 0 spiro atoms. The topological polar surface area (TPSA) is 50.4 Å². The van der Waals surface area contributed by atoms with Gasteiger partial charge in [0.1, 0.15) is 6.10 Å². The van der Waals surface area contributed by atoms with Crippen molar-refractivity contribution in [2.75, 3.05) is 13.2 Å². The lowest BCUT2D eigenvalue weighted by Crippen LogP contribution is -2.40. The molecule has 1 amide bonds. The molecule has 0 aliphatic heterocycles. The monoisotopic (exact) mass is 390 g/mol. The Morgan fingerprint density at radius 3 is 1.86 bits per heavy atom. The number of nitrogens with one attached hydrogen (secondary N) is 2. The fourth-order valence-electron chi connectivity index (χ4n) is 2.79. The van der Waals surface area contributed by atoms with Crippen molar-refractivity contribution < 1.29 is 9.53 Å². The lowest BCUT2D eigenvalue weighted by Gasteiger charge is -2.19. The first kappa shape index (κ1) is 19.7. The zero-order valence-electron chi connectivity index (χ0n) is 15.4. The first-order valence-corrected chi connectivity index (χ1v) is 9.50. The normalized spacial score (nSPS) is 10.5. The number of amides is 1. The fraction of sp³-hybridized carbons (Fsp3) is 0.130. The molecule has 0 unspecified atom stereocenters. The summed E-state index contributed by atoms with van der Waals surface area (Å²) in [5, 5.41) is 5.98. The maximum Gasteiger partial charge on any atom is 0.257 e. The van der Waals surface area contributed by atoms with E-state index in [0.29, 0.717) is 18.7 Å². The Bertz CT molecular complexity index is 847. The summed E-state index contributed by atoms with van der Waals surface area (Å²) in [6.45, 7) is 0.930. The van der Waals surface area contributed by atoms with Crippen LogP contribution in [0, 0.1) is 0 Å². The third-order valence-electron chi connectivity index (χ3n) is 4.14. The van der Waals surface area contributed by atoms with E-state index in [1.807, 2.05) is 54.6 Å². The van der Waals surface area contributed by atoms with Crippen molar-refractivity contribution in [1.29, 1.82) is 0 Å². The molecular formula is C23H22N2O2S. The van der Waals surface area contributed by atoms with Gasteiger partial charge in [0.25, 0.3) is 5.91 Å². The highest BCUT2D eigenvalue weighted by molar-refractivity contribution is 7.80. The van der Waals surface area contributed by atoms with Gasteiger partial charge < -0.3 is 10.1 Å². The van der Waals surface area contributed by atoms with E-state index in [0.717, 1.165) is 11.1 Å². The van der Waals surface area contributed by atoms with Crippen LogP contribution in [0.1, 0.15) is 27.6 Å². The first-order valence-electron chi connectivity index (χ1n) is 9.10. The summed E-state index contributed by atoms with van der Waals surface area (Å²) in [6, 6.07) is 29.2. The van der Waals surface area contributed by atoms with Gasteiger partial charge in [-0.2, -0.15) is 0 Å². The highest BCUT2D eigenvalue weighted by Crippen LogP contribution is 2.25. The van der Waals surface area contributed by atoms with Crippen LogP contribution in [-0.4, -0.2) is 24.2 Å². The zero-order chi connectivity index (χ0) is 19.6. The number of benzene rings is 3. The van der Waals surface area contributed by atoms with Crippen molar-refractivity contribution >= 4 is 23.2 Å². The van der Waals surface area contributed by atoms with Gasteiger partial charge in [0.2, 0.25) is 0 Å². The Labute approximate surface area is 170 Å². The largest absolute Gasteiger partial charge is 0.367 e. The smallest absolute Gasteiger partial charge is 0.257 e. The molecule has 28 heavy (non-hydrogen) atoms. The SMILES string of the molecule is O=C(NC(=S)NCCOC(c1ccccc1)c1ccccc1)c1ccccc1. The molecule has 0 aliphatic carbocycles. The second-order valence-corrected chi connectivity index (χ2v) is 6.56. The molecule has 2 N–H and O–H groups in total. The van der Waals surface area contributed by atoms with Gasteiger partial charge in [0.15, 0.2) is 5.11 Å². The summed E-state index contributed by atoms with van der Waals surface area (Å²) in [7, 11) is 0. The molecule has 0 aliphatic rings. The van der Waals surface area contributed by atoms with Gasteiger partial charge in [-0.1, -0.05) is 78.9 Å². The highest BCUT2D eigenvalue weighted by Gasteiger charge is 2.14. The number of carbonyl (C=O) groups is 1. The van der Waals surface area contributed by atoms with E-state index in [-0.39, 0.29) is 17.1 Å². The van der Waals surface area contributed by atoms with E-state index in [1.165, 1.54) is 0 Å². The zero-order valence-corrected chi connectivity index (χ0v) is 16.2. The quantitative estimate of drug-likeness (QED) is 0.471. The fourth-order valence-corrected chi connectivity index (χ4v) is 2.99. The van der Waals surface area contributed by atoms with Gasteiger partial charge in [-0.25, -0.2) is 0 Å². The summed E-state index contributed by atoms with van der Waals surface area (Å²) in [6.07, 6.45) is -0.156. The molecule has 0 aromatic heterocycles. The predicted molar refractivity (Wildman–Crippen MR) is 115 cm³/mol. The lowest BCUT2D eigenvalue weighted by molar-refractivity contribution is 0.0841. The van der Waals surface area contributed by atoms with Crippen LogP contribution in [0.4, 0.5) is 0 Å². The van der Waals surface area contributed by atoms with E-state index in [1.54, 1.807) is 12.1 Å². The molecule has 0 saturated heterocycles. The van der Waals surface area contributed by atoms with Crippen molar-refractivity contribution in [3.8, 4) is 0 Å². The van der Waals surface area contributed by atoms with Crippen molar-refractivity contribution in [1.82, 2.24) is 10.6 Å². The summed E-state index contributed by atoms with van der Waals surface area (Å²) in [5.74, 6) is -0.231. The van der Waals surface area contributed by atoms with Crippen LogP contribution in [-0.2, 0) is 4.74 Å². The first-order chi connectivity index (χ1) is 13.7. The summed E-state index contributed by atoms with van der Waals surface area (Å²) < 4.78 is 6.12. The van der Waals surface area contributed by atoms with Crippen LogP contribution in [0.15, 0.2) is 91.0 Å². The maximum absolute atomic E-state index is 12.1. The summed E-state index contributed by atoms with van der Waals surface area (Å²) >= 11 is 5.20. The van der Waals surface area contributed by atoms with Gasteiger partial charge in [-0.15, -0.1) is 0 Å². The number of hydrogen-bond acceptors (Lipinski definition) is 3. The molecular weight excluding hydrogens is 368 g/mol. The third kappa shape index (κ3) is 5.74. The average Bonchev–Trinajstić information content (AvgIpc) is 2.75. The van der Waals surface area contributed by atoms with Gasteiger partial charge in [0.05, 0.1) is 6.61 Å². The van der Waals surface area contributed by atoms with E-state index >= 15 is 0 Å². The van der Waals surface area contributed by atoms with E-state index in [2.05, 4.69) is 34.9 Å². The minimum atomic E-state index is -0.231. The molecule has 142 valence electrons. The lowest BCUT2D eigenvalue weighted by atomic mass is 10.0. The Kier molecular flexibility index (Phi) is 7.29. The third-order valence-corrected chi connectivity index (χ3v) is 4.39. The Hall–Kier alpha value is -3.02. The number of hydrogen-bond donors (Lipinski definition) is 2. The van der Waals surface area contributed by atoms with E-state index < -0.39 is 0 Å². The molecule has 0 bridgehead atoms. The Morgan fingerprint density at radius 2 is 1.32 bits per heavy atom. The molecule has 0 fully saturated rings. The van der Waals surface area contributed by atoms with E-state index in [9.17, 15) is 4.79 Å². The molecule has 0 atom stereocenters. The summed E-state index contributed by atoms with van der Waals surface area (Å²) in [5.41, 5.74) is 2.75. The predicted octanol–water partition coefficient (Wildman–Crippen LogP) is 4.10.